The molecule has 0 spiro atoms. The van der Waals surface area contributed by atoms with E-state index in [4.69, 9.17) is 0 Å². The third-order valence-electron chi connectivity index (χ3n) is 4.74. The molecule has 1 aliphatic heterocycles. The van der Waals surface area contributed by atoms with Gasteiger partial charge in [-0.15, -0.1) is 0 Å². The van der Waals surface area contributed by atoms with Crippen molar-refractivity contribution < 1.29 is 9.59 Å². The third kappa shape index (κ3) is 3.51. The van der Waals surface area contributed by atoms with Crippen LogP contribution in [0.2, 0.25) is 0 Å². The van der Waals surface area contributed by atoms with Gasteiger partial charge in [0.1, 0.15) is 0 Å². The lowest BCUT2D eigenvalue weighted by Crippen LogP contribution is -2.47. The summed E-state index contributed by atoms with van der Waals surface area (Å²) in [5, 5.41) is 2.93. The number of imidazole rings is 1. The number of carbonyl (C=O) groups excluding carboxylic acids is 2. The van der Waals surface area contributed by atoms with Crippen LogP contribution in [0.3, 0.4) is 0 Å². The van der Waals surface area contributed by atoms with Gasteiger partial charge in [-0.25, -0.2) is 4.98 Å². The minimum Gasteiger partial charge on any atom is -0.348 e. The van der Waals surface area contributed by atoms with Gasteiger partial charge >= 0.3 is 0 Å². The number of piperazine rings is 1. The number of hydrogen-bond acceptors (Lipinski definition) is 4. The summed E-state index contributed by atoms with van der Waals surface area (Å²) in [5.74, 6) is -0.0678. The van der Waals surface area contributed by atoms with E-state index in [0.717, 1.165) is 19.5 Å². The van der Waals surface area contributed by atoms with Crippen LogP contribution in [0.25, 0.3) is 5.52 Å². The van der Waals surface area contributed by atoms with Gasteiger partial charge in [-0.3, -0.25) is 14.0 Å². The summed E-state index contributed by atoms with van der Waals surface area (Å²) < 4.78 is 1.71. The highest BCUT2D eigenvalue weighted by Crippen LogP contribution is 2.16. The number of nitrogens with one attached hydrogen (secondary N) is 1. The Balaban J connectivity index is 1.93. The van der Waals surface area contributed by atoms with Crippen LogP contribution in [0.1, 0.15) is 41.4 Å². The first-order chi connectivity index (χ1) is 12.0. The molecule has 7 heteroatoms. The van der Waals surface area contributed by atoms with Crippen molar-refractivity contribution in [3.05, 3.63) is 35.9 Å². The highest BCUT2D eigenvalue weighted by Gasteiger charge is 2.27. The molecular formula is C18H25N5O2. The van der Waals surface area contributed by atoms with Crippen molar-refractivity contribution in [1.29, 1.82) is 0 Å². The van der Waals surface area contributed by atoms with Crippen molar-refractivity contribution in [2.75, 3.05) is 33.2 Å². The standard InChI is InChI=1S/C18H25N5O2/c1-4-13(2)19-17(24)15-14-7-5-6-8-23(14)16(20-15)18(25)22-11-9-21(3)10-12-22/h5-8,13H,4,9-12H2,1-3H3,(H,19,24). The molecule has 1 aliphatic rings. The molecule has 1 atom stereocenters. The fourth-order valence-electron chi connectivity index (χ4n) is 2.90. The maximum Gasteiger partial charge on any atom is 0.290 e. The van der Waals surface area contributed by atoms with Gasteiger partial charge in [0.15, 0.2) is 5.69 Å². The molecule has 2 amide bonds. The summed E-state index contributed by atoms with van der Waals surface area (Å²) in [7, 11) is 2.05. The van der Waals surface area contributed by atoms with Crippen LogP contribution in [-0.2, 0) is 0 Å². The van der Waals surface area contributed by atoms with Gasteiger partial charge in [0.05, 0.1) is 5.52 Å². The molecule has 0 aromatic carbocycles. The van der Waals surface area contributed by atoms with Crippen molar-refractivity contribution in [3.8, 4) is 0 Å². The molecule has 1 N–H and O–H groups in total. The van der Waals surface area contributed by atoms with Gasteiger partial charge in [0.2, 0.25) is 5.82 Å². The topological polar surface area (TPSA) is 70.0 Å². The molecule has 3 heterocycles. The van der Waals surface area contributed by atoms with Gasteiger partial charge < -0.3 is 15.1 Å². The molecule has 1 saturated heterocycles. The van der Waals surface area contributed by atoms with E-state index in [1.54, 1.807) is 15.5 Å². The predicted molar refractivity (Wildman–Crippen MR) is 95.8 cm³/mol. The van der Waals surface area contributed by atoms with Gasteiger partial charge in [-0.1, -0.05) is 13.0 Å². The molecule has 0 saturated carbocycles. The Kier molecular flexibility index (Phi) is 5.03. The Bertz CT molecular complexity index is 777. The quantitative estimate of drug-likeness (QED) is 0.907. The van der Waals surface area contributed by atoms with Gasteiger partial charge in [-0.05, 0) is 32.5 Å². The maximum atomic E-state index is 12.9. The van der Waals surface area contributed by atoms with Crippen molar-refractivity contribution in [2.45, 2.75) is 26.3 Å². The van der Waals surface area contributed by atoms with Gasteiger partial charge in [0, 0.05) is 38.4 Å². The highest BCUT2D eigenvalue weighted by molar-refractivity contribution is 6.02. The molecule has 2 aromatic heterocycles. The predicted octanol–water partition coefficient (Wildman–Crippen LogP) is 1.25. The molecule has 1 fully saturated rings. The lowest BCUT2D eigenvalue weighted by Gasteiger charge is -2.31. The van der Waals surface area contributed by atoms with Crippen LogP contribution in [-0.4, -0.2) is 70.3 Å². The molecule has 0 aliphatic carbocycles. The summed E-state index contributed by atoms with van der Waals surface area (Å²) in [6.07, 6.45) is 2.62. The Hall–Kier alpha value is -2.41. The maximum absolute atomic E-state index is 12.9. The average molecular weight is 343 g/mol. The number of carbonyl (C=O) groups is 2. The molecular weight excluding hydrogens is 318 g/mol. The molecule has 3 rings (SSSR count). The molecule has 0 bridgehead atoms. The highest BCUT2D eigenvalue weighted by atomic mass is 16.2. The number of nitrogens with zero attached hydrogens (tertiary/aromatic N) is 4. The van der Waals surface area contributed by atoms with Crippen LogP contribution in [0.15, 0.2) is 24.4 Å². The number of likely N-dealkylation sites (N-methyl/N-ethyl adjacent to an activating group) is 1. The second-order valence-corrected chi connectivity index (χ2v) is 6.62. The number of amides is 2. The average Bonchev–Trinajstić information content (AvgIpc) is 3.01. The van der Waals surface area contributed by atoms with E-state index in [0.29, 0.717) is 30.1 Å². The molecule has 7 nitrogen and oxygen atoms in total. The summed E-state index contributed by atoms with van der Waals surface area (Å²) in [4.78, 5) is 33.9. The molecule has 0 radical (unpaired) electrons. The first-order valence-electron chi connectivity index (χ1n) is 8.77. The van der Waals surface area contributed by atoms with E-state index in [1.165, 1.54) is 0 Å². The summed E-state index contributed by atoms with van der Waals surface area (Å²) in [6.45, 7) is 6.99. The molecule has 1 unspecified atom stereocenters. The van der Waals surface area contributed by atoms with Crippen LogP contribution in [0.4, 0.5) is 0 Å². The first-order valence-corrected chi connectivity index (χ1v) is 8.77. The lowest BCUT2D eigenvalue weighted by atomic mass is 10.2. The first kappa shape index (κ1) is 17.4. The molecule has 25 heavy (non-hydrogen) atoms. The third-order valence-corrected chi connectivity index (χ3v) is 4.74. The Morgan fingerprint density at radius 1 is 1.24 bits per heavy atom. The van der Waals surface area contributed by atoms with E-state index in [1.807, 2.05) is 39.1 Å². The van der Waals surface area contributed by atoms with E-state index < -0.39 is 0 Å². The van der Waals surface area contributed by atoms with E-state index >= 15 is 0 Å². The monoisotopic (exact) mass is 343 g/mol. The summed E-state index contributed by atoms with van der Waals surface area (Å²) in [5.41, 5.74) is 0.958. The number of fused-ring (bicyclic) bond motifs is 1. The van der Waals surface area contributed by atoms with Crippen molar-refractivity contribution >= 4 is 17.3 Å². The fraction of sp³-hybridized carbons (Fsp3) is 0.500. The van der Waals surface area contributed by atoms with Crippen LogP contribution < -0.4 is 5.32 Å². The van der Waals surface area contributed by atoms with Crippen LogP contribution in [0, 0.1) is 0 Å². The zero-order valence-corrected chi connectivity index (χ0v) is 15.0. The van der Waals surface area contributed by atoms with Gasteiger partial charge in [-0.2, -0.15) is 0 Å². The van der Waals surface area contributed by atoms with E-state index in [2.05, 4.69) is 15.2 Å². The SMILES string of the molecule is CCC(C)NC(=O)c1nc(C(=O)N2CCN(C)CC2)n2ccccc12. The summed E-state index contributed by atoms with van der Waals surface area (Å²) >= 11 is 0. The molecule has 134 valence electrons. The second-order valence-electron chi connectivity index (χ2n) is 6.62. The number of pyridine rings is 1. The second kappa shape index (κ2) is 7.23. The van der Waals surface area contributed by atoms with Crippen LogP contribution >= 0.6 is 0 Å². The van der Waals surface area contributed by atoms with Crippen molar-refractivity contribution in [3.63, 3.8) is 0 Å². The van der Waals surface area contributed by atoms with Crippen molar-refractivity contribution in [1.82, 2.24) is 24.5 Å². The van der Waals surface area contributed by atoms with E-state index in [9.17, 15) is 9.59 Å². The minimum atomic E-state index is -0.240. The van der Waals surface area contributed by atoms with Crippen molar-refractivity contribution in [2.24, 2.45) is 0 Å². The normalized spacial score (nSPS) is 16.8. The van der Waals surface area contributed by atoms with Gasteiger partial charge in [0.25, 0.3) is 11.8 Å². The fourth-order valence-corrected chi connectivity index (χ4v) is 2.90. The number of hydrogen-bond donors (Lipinski definition) is 1. The Morgan fingerprint density at radius 3 is 2.64 bits per heavy atom. The zero-order valence-electron chi connectivity index (χ0n) is 15.0. The smallest absolute Gasteiger partial charge is 0.290 e. The molecule has 2 aromatic rings. The lowest BCUT2D eigenvalue weighted by molar-refractivity contribution is 0.0651. The minimum absolute atomic E-state index is 0.0599. The van der Waals surface area contributed by atoms with Crippen LogP contribution in [0.5, 0.6) is 0 Å². The zero-order chi connectivity index (χ0) is 18.0. The summed E-state index contributed by atoms with van der Waals surface area (Å²) in [6, 6.07) is 5.57. The number of rotatable bonds is 4. The Morgan fingerprint density at radius 2 is 1.96 bits per heavy atom. The Labute approximate surface area is 147 Å². The van der Waals surface area contributed by atoms with E-state index in [-0.39, 0.29) is 17.9 Å². The largest absolute Gasteiger partial charge is 0.348 e. The number of aromatic nitrogens is 2.